The molecule has 1 amide bonds. The molecule has 114 valence electrons. The first kappa shape index (κ1) is 14.6. The lowest BCUT2D eigenvalue weighted by molar-refractivity contribution is -0.118. The lowest BCUT2D eigenvalue weighted by atomic mass is 9.75. The summed E-state index contributed by atoms with van der Waals surface area (Å²) in [5.41, 5.74) is 2.12. The van der Waals surface area contributed by atoms with E-state index < -0.39 is 0 Å². The highest BCUT2D eigenvalue weighted by molar-refractivity contribution is 5.92. The summed E-state index contributed by atoms with van der Waals surface area (Å²) in [6.45, 7) is 4.80. The lowest BCUT2D eigenvalue weighted by Gasteiger charge is -2.41. The summed E-state index contributed by atoms with van der Waals surface area (Å²) in [7, 11) is 0. The molecule has 2 aliphatic rings. The Balaban J connectivity index is 1.49. The van der Waals surface area contributed by atoms with Gasteiger partial charge in [0.05, 0.1) is 6.54 Å². The van der Waals surface area contributed by atoms with Crippen LogP contribution >= 0.6 is 0 Å². The second-order valence-electron chi connectivity index (χ2n) is 6.74. The van der Waals surface area contributed by atoms with Gasteiger partial charge in [-0.15, -0.1) is 0 Å². The Bertz CT molecular complexity index is 482. The number of benzene rings is 1. The van der Waals surface area contributed by atoms with Crippen molar-refractivity contribution in [1.82, 2.24) is 4.90 Å². The molecule has 3 nitrogen and oxygen atoms in total. The predicted molar refractivity (Wildman–Crippen MR) is 86.3 cm³/mol. The summed E-state index contributed by atoms with van der Waals surface area (Å²) >= 11 is 0. The number of aryl methyl sites for hydroxylation is 1. The van der Waals surface area contributed by atoms with Gasteiger partial charge in [0.15, 0.2) is 0 Å². The molecule has 1 saturated heterocycles. The van der Waals surface area contributed by atoms with Crippen LogP contribution < -0.4 is 5.32 Å². The molecule has 1 aromatic rings. The Hall–Kier alpha value is -1.35. The number of nitrogens with zero attached hydrogens (tertiary/aromatic N) is 1. The number of rotatable bonds is 3. The maximum Gasteiger partial charge on any atom is 0.238 e. The SMILES string of the molecule is Cc1ccc(NC(=O)CN2CC[C@H]3CCCC[C@@H]3C2)cc1. The molecule has 0 unspecified atom stereocenters. The molecule has 0 radical (unpaired) electrons. The fourth-order valence-corrected chi connectivity index (χ4v) is 3.86. The standard InChI is InChI=1S/C18H26N2O/c1-14-6-8-17(9-7-14)19-18(21)13-20-11-10-15-4-2-3-5-16(15)12-20/h6-9,15-16H,2-5,10-13H2,1H3,(H,19,21)/t15-,16-/m1/s1. The van der Waals surface area contributed by atoms with Crippen LogP contribution in [-0.2, 0) is 4.79 Å². The lowest BCUT2D eigenvalue weighted by Crippen LogP contribution is -2.44. The molecule has 3 heteroatoms. The van der Waals surface area contributed by atoms with Crippen molar-refractivity contribution >= 4 is 11.6 Å². The molecular weight excluding hydrogens is 260 g/mol. The summed E-state index contributed by atoms with van der Waals surface area (Å²) in [5, 5.41) is 3.01. The third-order valence-electron chi connectivity index (χ3n) is 5.08. The number of fused-ring (bicyclic) bond motifs is 1. The van der Waals surface area contributed by atoms with Gasteiger partial charge in [-0.1, -0.05) is 37.0 Å². The Morgan fingerprint density at radius 1 is 1.14 bits per heavy atom. The minimum Gasteiger partial charge on any atom is -0.325 e. The first-order chi connectivity index (χ1) is 10.2. The highest BCUT2D eigenvalue weighted by atomic mass is 16.2. The number of hydrogen-bond acceptors (Lipinski definition) is 2. The Kier molecular flexibility index (Phi) is 4.59. The molecule has 1 saturated carbocycles. The van der Waals surface area contributed by atoms with Gasteiger partial charge in [0.2, 0.25) is 5.91 Å². The molecule has 1 N–H and O–H groups in total. The first-order valence-electron chi connectivity index (χ1n) is 8.29. The molecule has 2 atom stereocenters. The molecule has 0 bridgehead atoms. The van der Waals surface area contributed by atoms with E-state index in [2.05, 4.69) is 17.1 Å². The monoisotopic (exact) mass is 286 g/mol. The third kappa shape index (κ3) is 3.85. The maximum absolute atomic E-state index is 12.2. The van der Waals surface area contributed by atoms with Crippen LogP contribution in [0.2, 0.25) is 0 Å². The van der Waals surface area contributed by atoms with Crippen LogP contribution in [0.1, 0.15) is 37.7 Å². The maximum atomic E-state index is 12.2. The largest absolute Gasteiger partial charge is 0.325 e. The summed E-state index contributed by atoms with van der Waals surface area (Å²) in [6.07, 6.45) is 6.84. The number of amides is 1. The van der Waals surface area contributed by atoms with Crippen molar-refractivity contribution < 1.29 is 4.79 Å². The van der Waals surface area contributed by atoms with Crippen LogP contribution in [0.4, 0.5) is 5.69 Å². The number of likely N-dealkylation sites (tertiary alicyclic amines) is 1. The van der Waals surface area contributed by atoms with Crippen LogP contribution in [0.3, 0.4) is 0 Å². The van der Waals surface area contributed by atoms with Gasteiger partial charge in [-0.3, -0.25) is 9.69 Å². The van der Waals surface area contributed by atoms with Gasteiger partial charge in [-0.2, -0.15) is 0 Å². The number of hydrogen-bond donors (Lipinski definition) is 1. The molecule has 1 aliphatic heterocycles. The van der Waals surface area contributed by atoms with Crippen LogP contribution in [0, 0.1) is 18.8 Å². The zero-order valence-corrected chi connectivity index (χ0v) is 13.0. The van der Waals surface area contributed by atoms with E-state index in [1.54, 1.807) is 0 Å². The predicted octanol–water partition coefficient (Wildman–Crippen LogP) is 3.45. The summed E-state index contributed by atoms with van der Waals surface area (Å²) < 4.78 is 0. The van der Waals surface area contributed by atoms with Crippen molar-refractivity contribution in [2.45, 2.75) is 39.0 Å². The molecule has 1 aliphatic carbocycles. The normalized spacial score (nSPS) is 26.1. The number of piperidine rings is 1. The molecule has 0 aromatic heterocycles. The van der Waals surface area contributed by atoms with E-state index in [4.69, 9.17) is 0 Å². The summed E-state index contributed by atoms with van der Waals surface area (Å²) in [5.74, 6) is 1.88. The third-order valence-corrected chi connectivity index (χ3v) is 5.08. The van der Waals surface area contributed by atoms with Gasteiger partial charge in [0.1, 0.15) is 0 Å². The molecule has 21 heavy (non-hydrogen) atoms. The van der Waals surface area contributed by atoms with Crippen molar-refractivity contribution in [2.75, 3.05) is 25.0 Å². The minimum absolute atomic E-state index is 0.119. The van der Waals surface area contributed by atoms with E-state index >= 15 is 0 Å². The van der Waals surface area contributed by atoms with Crippen LogP contribution in [-0.4, -0.2) is 30.4 Å². The van der Waals surface area contributed by atoms with Crippen LogP contribution in [0.25, 0.3) is 0 Å². The Labute approximate surface area is 127 Å². The minimum atomic E-state index is 0.119. The second-order valence-corrected chi connectivity index (χ2v) is 6.74. The number of carbonyl (C=O) groups excluding carboxylic acids is 1. The van der Waals surface area contributed by atoms with E-state index in [0.29, 0.717) is 6.54 Å². The summed E-state index contributed by atoms with van der Waals surface area (Å²) in [4.78, 5) is 14.5. The molecule has 1 heterocycles. The van der Waals surface area contributed by atoms with E-state index in [1.165, 1.54) is 37.7 Å². The fraction of sp³-hybridized carbons (Fsp3) is 0.611. The van der Waals surface area contributed by atoms with Gasteiger partial charge >= 0.3 is 0 Å². The quantitative estimate of drug-likeness (QED) is 0.923. The smallest absolute Gasteiger partial charge is 0.238 e. The molecule has 2 fully saturated rings. The van der Waals surface area contributed by atoms with Crippen molar-refractivity contribution in [1.29, 1.82) is 0 Å². The Morgan fingerprint density at radius 3 is 2.62 bits per heavy atom. The average Bonchev–Trinajstić information content (AvgIpc) is 2.49. The fourth-order valence-electron chi connectivity index (χ4n) is 3.86. The number of anilines is 1. The summed E-state index contributed by atoms with van der Waals surface area (Å²) in [6, 6.07) is 8.01. The van der Waals surface area contributed by atoms with Gasteiger partial charge < -0.3 is 5.32 Å². The number of carbonyl (C=O) groups is 1. The zero-order valence-electron chi connectivity index (χ0n) is 13.0. The molecule has 1 aromatic carbocycles. The molecular formula is C18H26N2O. The highest BCUT2D eigenvalue weighted by Crippen LogP contribution is 2.35. The van der Waals surface area contributed by atoms with E-state index in [1.807, 2.05) is 24.3 Å². The first-order valence-corrected chi connectivity index (χ1v) is 8.29. The van der Waals surface area contributed by atoms with Gasteiger partial charge in [-0.25, -0.2) is 0 Å². The van der Waals surface area contributed by atoms with E-state index in [-0.39, 0.29) is 5.91 Å². The second kappa shape index (κ2) is 6.61. The highest BCUT2D eigenvalue weighted by Gasteiger charge is 2.31. The topological polar surface area (TPSA) is 32.3 Å². The van der Waals surface area contributed by atoms with Crippen molar-refractivity contribution in [3.05, 3.63) is 29.8 Å². The van der Waals surface area contributed by atoms with Crippen LogP contribution in [0.5, 0.6) is 0 Å². The number of nitrogens with one attached hydrogen (secondary N) is 1. The van der Waals surface area contributed by atoms with Gasteiger partial charge in [-0.05, 0) is 50.3 Å². The molecule has 0 spiro atoms. The Morgan fingerprint density at radius 2 is 1.86 bits per heavy atom. The van der Waals surface area contributed by atoms with Gasteiger partial charge in [0.25, 0.3) is 0 Å². The van der Waals surface area contributed by atoms with E-state index in [0.717, 1.165) is 30.6 Å². The van der Waals surface area contributed by atoms with Crippen molar-refractivity contribution in [3.8, 4) is 0 Å². The van der Waals surface area contributed by atoms with Crippen molar-refractivity contribution in [2.24, 2.45) is 11.8 Å². The van der Waals surface area contributed by atoms with E-state index in [9.17, 15) is 4.79 Å². The van der Waals surface area contributed by atoms with Crippen molar-refractivity contribution in [3.63, 3.8) is 0 Å². The van der Waals surface area contributed by atoms with Gasteiger partial charge in [0, 0.05) is 12.2 Å². The van der Waals surface area contributed by atoms with Crippen LogP contribution in [0.15, 0.2) is 24.3 Å². The molecule has 3 rings (SSSR count). The average molecular weight is 286 g/mol. The zero-order chi connectivity index (χ0) is 14.7.